The highest BCUT2D eigenvalue weighted by Crippen LogP contribution is 2.25. The Kier molecular flexibility index (Phi) is 3.71. The van der Waals surface area contributed by atoms with Crippen molar-refractivity contribution in [1.29, 1.82) is 0 Å². The zero-order chi connectivity index (χ0) is 13.8. The van der Waals surface area contributed by atoms with Crippen LogP contribution in [0, 0.1) is 13.8 Å². The molecule has 0 aromatic heterocycles. The van der Waals surface area contributed by atoms with Gasteiger partial charge >= 0.3 is 0 Å². The Hall–Kier alpha value is -2.49. The highest BCUT2D eigenvalue weighted by Gasteiger charge is 2.06. The van der Waals surface area contributed by atoms with Crippen molar-refractivity contribution >= 4 is 11.6 Å². The van der Waals surface area contributed by atoms with Gasteiger partial charge in [-0.05, 0) is 49.2 Å². The van der Waals surface area contributed by atoms with Crippen molar-refractivity contribution in [2.24, 2.45) is 0 Å². The minimum absolute atomic E-state index is 0.205. The molecule has 0 spiro atoms. The third-order valence-electron chi connectivity index (χ3n) is 2.85. The molecular formula is C15H16N2O2. The van der Waals surface area contributed by atoms with Gasteiger partial charge in [0.15, 0.2) is 0 Å². The van der Waals surface area contributed by atoms with Gasteiger partial charge in [-0.25, -0.2) is 0 Å². The molecule has 1 amide bonds. The summed E-state index contributed by atoms with van der Waals surface area (Å²) in [6.07, 6.45) is 0. The Labute approximate surface area is 112 Å². The summed E-state index contributed by atoms with van der Waals surface area (Å²) in [6.45, 7) is 3.62. The van der Waals surface area contributed by atoms with Crippen LogP contribution in [0.15, 0.2) is 42.5 Å². The molecule has 0 radical (unpaired) electrons. The molecule has 2 rings (SSSR count). The SMILES string of the molecule is Cc1cc(NNC(=O)c2ccccc2)cc(C)c1O. The number of anilines is 1. The summed E-state index contributed by atoms with van der Waals surface area (Å²) in [6, 6.07) is 12.5. The lowest BCUT2D eigenvalue weighted by molar-refractivity contribution is 0.0962. The average molecular weight is 256 g/mol. The molecule has 0 aliphatic heterocycles. The van der Waals surface area contributed by atoms with Gasteiger partial charge in [-0.15, -0.1) is 0 Å². The zero-order valence-corrected chi connectivity index (χ0v) is 10.9. The lowest BCUT2D eigenvalue weighted by atomic mass is 10.1. The van der Waals surface area contributed by atoms with Crippen molar-refractivity contribution in [3.8, 4) is 5.75 Å². The number of phenolic OH excluding ortho intramolecular Hbond substituents is 1. The van der Waals surface area contributed by atoms with E-state index < -0.39 is 0 Å². The molecule has 2 aromatic carbocycles. The molecule has 19 heavy (non-hydrogen) atoms. The fourth-order valence-electron chi connectivity index (χ4n) is 1.82. The van der Waals surface area contributed by atoms with Crippen LogP contribution in [0.3, 0.4) is 0 Å². The quantitative estimate of drug-likeness (QED) is 0.584. The summed E-state index contributed by atoms with van der Waals surface area (Å²) in [7, 11) is 0. The molecule has 98 valence electrons. The molecule has 3 N–H and O–H groups in total. The smallest absolute Gasteiger partial charge is 0.269 e. The molecule has 2 aromatic rings. The van der Waals surface area contributed by atoms with Crippen molar-refractivity contribution in [2.75, 3.05) is 5.43 Å². The second-order valence-electron chi connectivity index (χ2n) is 4.40. The van der Waals surface area contributed by atoms with Crippen molar-refractivity contribution < 1.29 is 9.90 Å². The first-order valence-electron chi connectivity index (χ1n) is 5.99. The van der Waals surface area contributed by atoms with E-state index in [1.54, 1.807) is 24.3 Å². The molecule has 0 heterocycles. The topological polar surface area (TPSA) is 61.4 Å². The Morgan fingerprint density at radius 2 is 1.63 bits per heavy atom. The van der Waals surface area contributed by atoms with Crippen LogP contribution in [0.4, 0.5) is 5.69 Å². The van der Waals surface area contributed by atoms with Crippen LogP contribution in [0.25, 0.3) is 0 Å². The van der Waals surface area contributed by atoms with Gasteiger partial charge in [-0.3, -0.25) is 15.6 Å². The van der Waals surface area contributed by atoms with Gasteiger partial charge in [-0.2, -0.15) is 0 Å². The number of aromatic hydroxyl groups is 1. The summed E-state index contributed by atoms with van der Waals surface area (Å²) in [4.78, 5) is 11.8. The molecular weight excluding hydrogens is 240 g/mol. The molecule has 0 saturated heterocycles. The number of benzene rings is 2. The molecule has 0 unspecified atom stereocenters. The third kappa shape index (κ3) is 3.04. The Bertz CT molecular complexity index is 571. The fraction of sp³-hybridized carbons (Fsp3) is 0.133. The van der Waals surface area contributed by atoms with E-state index in [1.807, 2.05) is 32.0 Å². The van der Waals surface area contributed by atoms with Crippen molar-refractivity contribution in [2.45, 2.75) is 13.8 Å². The average Bonchev–Trinajstić information content (AvgIpc) is 2.43. The second kappa shape index (κ2) is 5.44. The largest absolute Gasteiger partial charge is 0.507 e. The van der Waals surface area contributed by atoms with Crippen molar-refractivity contribution in [3.63, 3.8) is 0 Å². The third-order valence-corrected chi connectivity index (χ3v) is 2.85. The van der Waals surface area contributed by atoms with Crippen molar-refractivity contribution in [1.82, 2.24) is 5.43 Å². The molecule has 0 aliphatic carbocycles. The maximum absolute atomic E-state index is 11.8. The highest BCUT2D eigenvalue weighted by atomic mass is 16.3. The van der Waals surface area contributed by atoms with Gasteiger partial charge in [0.25, 0.3) is 5.91 Å². The maximum Gasteiger partial charge on any atom is 0.269 e. The maximum atomic E-state index is 11.8. The van der Waals surface area contributed by atoms with Gasteiger partial charge in [0.1, 0.15) is 5.75 Å². The van der Waals surface area contributed by atoms with Crippen LogP contribution < -0.4 is 10.9 Å². The van der Waals surface area contributed by atoms with E-state index in [9.17, 15) is 9.90 Å². The Morgan fingerprint density at radius 3 is 2.21 bits per heavy atom. The number of amides is 1. The normalized spacial score (nSPS) is 10.0. The number of rotatable bonds is 3. The van der Waals surface area contributed by atoms with E-state index in [4.69, 9.17) is 0 Å². The number of carbonyl (C=O) groups is 1. The molecule has 0 atom stereocenters. The highest BCUT2D eigenvalue weighted by molar-refractivity contribution is 5.94. The minimum atomic E-state index is -0.205. The predicted octanol–water partition coefficient (Wildman–Crippen LogP) is 2.77. The molecule has 4 heteroatoms. The molecule has 0 fully saturated rings. The summed E-state index contributed by atoms with van der Waals surface area (Å²) < 4.78 is 0. The van der Waals surface area contributed by atoms with Crippen LogP contribution in [-0.2, 0) is 0 Å². The van der Waals surface area contributed by atoms with Crippen LogP contribution in [-0.4, -0.2) is 11.0 Å². The van der Waals surface area contributed by atoms with Crippen LogP contribution in [0.2, 0.25) is 0 Å². The molecule has 4 nitrogen and oxygen atoms in total. The van der Waals surface area contributed by atoms with E-state index in [0.717, 1.165) is 16.8 Å². The standard InChI is InChI=1S/C15H16N2O2/c1-10-8-13(9-11(2)14(10)18)16-17-15(19)12-6-4-3-5-7-12/h3-9,16,18H,1-2H3,(H,17,19). The van der Waals surface area contributed by atoms with E-state index in [-0.39, 0.29) is 11.7 Å². The second-order valence-corrected chi connectivity index (χ2v) is 4.40. The van der Waals surface area contributed by atoms with Gasteiger partial charge < -0.3 is 5.11 Å². The number of hydrogen-bond donors (Lipinski definition) is 3. The van der Waals surface area contributed by atoms with Gasteiger partial charge in [0.05, 0.1) is 5.69 Å². The molecule has 0 saturated carbocycles. The number of hydrazine groups is 1. The Morgan fingerprint density at radius 1 is 1.05 bits per heavy atom. The lowest BCUT2D eigenvalue weighted by Crippen LogP contribution is -2.29. The summed E-state index contributed by atoms with van der Waals surface area (Å²) in [5.41, 5.74) is 8.30. The number of phenols is 1. The van der Waals surface area contributed by atoms with E-state index in [0.29, 0.717) is 5.56 Å². The fourth-order valence-corrected chi connectivity index (χ4v) is 1.82. The van der Waals surface area contributed by atoms with Gasteiger partial charge in [0.2, 0.25) is 0 Å². The van der Waals surface area contributed by atoms with Crippen LogP contribution in [0.1, 0.15) is 21.5 Å². The van der Waals surface area contributed by atoms with Gasteiger partial charge in [0, 0.05) is 5.56 Å². The van der Waals surface area contributed by atoms with E-state index >= 15 is 0 Å². The molecule has 0 bridgehead atoms. The number of nitrogens with one attached hydrogen (secondary N) is 2. The van der Waals surface area contributed by atoms with Crippen LogP contribution >= 0.6 is 0 Å². The lowest BCUT2D eigenvalue weighted by Gasteiger charge is -2.11. The predicted molar refractivity (Wildman–Crippen MR) is 75.1 cm³/mol. The van der Waals surface area contributed by atoms with E-state index in [1.165, 1.54) is 0 Å². The summed E-state index contributed by atoms with van der Waals surface area (Å²) >= 11 is 0. The zero-order valence-electron chi connectivity index (χ0n) is 10.9. The first kappa shape index (κ1) is 13.0. The first-order valence-corrected chi connectivity index (χ1v) is 5.99. The summed E-state index contributed by atoms with van der Waals surface area (Å²) in [5, 5.41) is 9.67. The number of hydrogen-bond acceptors (Lipinski definition) is 3. The van der Waals surface area contributed by atoms with Crippen molar-refractivity contribution in [3.05, 3.63) is 59.2 Å². The number of aryl methyl sites for hydroxylation is 2. The van der Waals surface area contributed by atoms with Crippen LogP contribution in [0.5, 0.6) is 5.75 Å². The number of carbonyl (C=O) groups excluding carboxylic acids is 1. The molecule has 0 aliphatic rings. The monoisotopic (exact) mass is 256 g/mol. The Balaban J connectivity index is 2.05. The summed E-state index contributed by atoms with van der Waals surface area (Å²) in [5.74, 6) is 0.0731. The minimum Gasteiger partial charge on any atom is -0.507 e. The van der Waals surface area contributed by atoms with Gasteiger partial charge in [-0.1, -0.05) is 18.2 Å². The first-order chi connectivity index (χ1) is 9.08. The van der Waals surface area contributed by atoms with E-state index in [2.05, 4.69) is 10.9 Å².